The second kappa shape index (κ2) is 8.13. The molecular formula is C19H25N3O5S2. The highest BCUT2D eigenvalue weighted by Gasteiger charge is 2.23. The van der Waals surface area contributed by atoms with Crippen LogP contribution in [0.2, 0.25) is 0 Å². The fourth-order valence-corrected chi connectivity index (χ4v) is 5.06. The smallest absolute Gasteiger partial charge is 0.262 e. The van der Waals surface area contributed by atoms with Crippen LogP contribution in [-0.2, 0) is 24.8 Å². The third-order valence-corrected chi connectivity index (χ3v) is 7.76. The molecule has 2 N–H and O–H groups in total. The molecule has 0 unspecified atom stereocenters. The van der Waals surface area contributed by atoms with E-state index in [-0.39, 0.29) is 21.4 Å². The van der Waals surface area contributed by atoms with Crippen molar-refractivity contribution in [3.05, 3.63) is 47.0 Å². The van der Waals surface area contributed by atoms with Crippen molar-refractivity contribution in [2.45, 2.75) is 37.5 Å². The lowest BCUT2D eigenvalue weighted by molar-refractivity contribution is -0.114. The minimum Gasteiger partial charge on any atom is -0.326 e. The predicted molar refractivity (Wildman–Crippen MR) is 113 cm³/mol. The number of nitrogens with one attached hydrogen (secondary N) is 2. The molecule has 10 heteroatoms. The van der Waals surface area contributed by atoms with E-state index in [0.717, 1.165) is 4.31 Å². The second-order valence-electron chi connectivity index (χ2n) is 6.97. The lowest BCUT2D eigenvalue weighted by Crippen LogP contribution is -2.23. The highest BCUT2D eigenvalue weighted by atomic mass is 32.2. The summed E-state index contributed by atoms with van der Waals surface area (Å²) in [6, 6.07) is 7.37. The Hall–Kier alpha value is -2.43. The summed E-state index contributed by atoms with van der Waals surface area (Å²) < 4.78 is 54.6. The monoisotopic (exact) mass is 439 g/mol. The average molecular weight is 440 g/mol. The number of amides is 1. The molecule has 0 aliphatic rings. The van der Waals surface area contributed by atoms with Crippen molar-refractivity contribution in [1.82, 2.24) is 4.31 Å². The standard InChI is InChI=1S/C19H25N3O5S2/c1-12-7-8-16(20-15(4)23)10-19(12)28(24,25)21-18-11-17(9-13(2)14(18)3)29(26,27)22(5)6/h7-11,21H,1-6H3,(H,20,23). The molecule has 0 radical (unpaired) electrons. The molecule has 0 aliphatic carbocycles. The van der Waals surface area contributed by atoms with Crippen molar-refractivity contribution in [3.8, 4) is 0 Å². The summed E-state index contributed by atoms with van der Waals surface area (Å²) in [5, 5.41) is 2.55. The zero-order valence-electron chi connectivity index (χ0n) is 17.2. The van der Waals surface area contributed by atoms with Gasteiger partial charge in [0.25, 0.3) is 10.0 Å². The quantitative estimate of drug-likeness (QED) is 0.718. The van der Waals surface area contributed by atoms with Crippen LogP contribution in [0, 0.1) is 20.8 Å². The third kappa shape index (κ3) is 4.95. The van der Waals surface area contributed by atoms with Crippen LogP contribution in [-0.4, -0.2) is 41.1 Å². The maximum atomic E-state index is 13.0. The molecule has 0 atom stereocenters. The molecule has 158 valence electrons. The Morgan fingerprint density at radius 3 is 2.10 bits per heavy atom. The van der Waals surface area contributed by atoms with Crippen LogP contribution >= 0.6 is 0 Å². The van der Waals surface area contributed by atoms with Gasteiger partial charge in [0.1, 0.15) is 0 Å². The van der Waals surface area contributed by atoms with Crippen LogP contribution in [0.3, 0.4) is 0 Å². The number of nitrogens with zero attached hydrogens (tertiary/aromatic N) is 1. The molecule has 1 amide bonds. The summed E-state index contributed by atoms with van der Waals surface area (Å²) in [5.74, 6) is -0.321. The second-order valence-corrected chi connectivity index (χ2v) is 10.8. The summed E-state index contributed by atoms with van der Waals surface area (Å²) in [6.45, 7) is 6.39. The molecule has 2 rings (SSSR count). The summed E-state index contributed by atoms with van der Waals surface area (Å²) in [4.78, 5) is 11.3. The lowest BCUT2D eigenvalue weighted by Gasteiger charge is -2.18. The van der Waals surface area contributed by atoms with Crippen LogP contribution < -0.4 is 10.0 Å². The molecule has 0 saturated heterocycles. The van der Waals surface area contributed by atoms with E-state index in [1.807, 2.05) is 0 Å². The first kappa shape index (κ1) is 22.9. The average Bonchev–Trinajstić information content (AvgIpc) is 2.59. The largest absolute Gasteiger partial charge is 0.326 e. The van der Waals surface area contributed by atoms with E-state index in [2.05, 4.69) is 10.0 Å². The number of hydrogen-bond donors (Lipinski definition) is 2. The number of anilines is 2. The molecular weight excluding hydrogens is 414 g/mol. The number of carbonyl (C=O) groups is 1. The van der Waals surface area contributed by atoms with Crippen molar-refractivity contribution < 1.29 is 21.6 Å². The molecule has 8 nitrogen and oxygen atoms in total. The van der Waals surface area contributed by atoms with Gasteiger partial charge in [-0.3, -0.25) is 9.52 Å². The van der Waals surface area contributed by atoms with Gasteiger partial charge in [0.2, 0.25) is 15.9 Å². The van der Waals surface area contributed by atoms with Crippen molar-refractivity contribution in [3.63, 3.8) is 0 Å². The van der Waals surface area contributed by atoms with Crippen molar-refractivity contribution >= 4 is 37.3 Å². The van der Waals surface area contributed by atoms with E-state index < -0.39 is 20.0 Å². The van der Waals surface area contributed by atoms with Crippen molar-refractivity contribution in [2.75, 3.05) is 24.1 Å². The Morgan fingerprint density at radius 1 is 0.931 bits per heavy atom. The predicted octanol–water partition coefficient (Wildman–Crippen LogP) is 2.62. The molecule has 0 saturated carbocycles. The van der Waals surface area contributed by atoms with Crippen LogP contribution in [0.1, 0.15) is 23.6 Å². The van der Waals surface area contributed by atoms with Gasteiger partial charge < -0.3 is 5.32 Å². The van der Waals surface area contributed by atoms with E-state index in [0.29, 0.717) is 22.4 Å². The van der Waals surface area contributed by atoms with E-state index in [1.54, 1.807) is 32.9 Å². The number of aryl methyl sites for hydroxylation is 2. The Bertz CT molecular complexity index is 1170. The third-order valence-electron chi connectivity index (χ3n) is 4.46. The van der Waals surface area contributed by atoms with Crippen LogP contribution in [0.15, 0.2) is 40.1 Å². The van der Waals surface area contributed by atoms with E-state index in [4.69, 9.17) is 0 Å². The first-order valence-electron chi connectivity index (χ1n) is 8.70. The topological polar surface area (TPSA) is 113 Å². The minimum atomic E-state index is -4.03. The Balaban J connectivity index is 2.56. The van der Waals surface area contributed by atoms with Gasteiger partial charge in [-0.1, -0.05) is 6.07 Å². The zero-order valence-corrected chi connectivity index (χ0v) is 18.8. The van der Waals surface area contributed by atoms with Gasteiger partial charge in [-0.15, -0.1) is 0 Å². The van der Waals surface area contributed by atoms with E-state index >= 15 is 0 Å². The molecule has 0 aromatic heterocycles. The van der Waals surface area contributed by atoms with Gasteiger partial charge in [0, 0.05) is 26.7 Å². The maximum absolute atomic E-state index is 13.0. The first-order valence-corrected chi connectivity index (χ1v) is 11.6. The number of hydrogen-bond acceptors (Lipinski definition) is 5. The summed E-state index contributed by atoms with van der Waals surface area (Å²) in [6.07, 6.45) is 0. The van der Waals surface area contributed by atoms with Crippen LogP contribution in [0.25, 0.3) is 0 Å². The van der Waals surface area contributed by atoms with Gasteiger partial charge in [0.15, 0.2) is 0 Å². The number of benzene rings is 2. The summed E-state index contributed by atoms with van der Waals surface area (Å²) in [7, 11) is -4.95. The molecule has 0 bridgehead atoms. The van der Waals surface area contributed by atoms with Crippen LogP contribution in [0.5, 0.6) is 0 Å². The molecule has 2 aromatic rings. The highest BCUT2D eigenvalue weighted by molar-refractivity contribution is 7.92. The zero-order chi connectivity index (χ0) is 22.1. The summed E-state index contributed by atoms with van der Waals surface area (Å²) in [5.41, 5.74) is 2.25. The Labute approximate surface area is 172 Å². The van der Waals surface area contributed by atoms with Crippen molar-refractivity contribution in [2.24, 2.45) is 0 Å². The normalized spacial score (nSPS) is 12.1. The molecule has 0 spiro atoms. The molecule has 29 heavy (non-hydrogen) atoms. The Morgan fingerprint density at radius 2 is 1.55 bits per heavy atom. The lowest BCUT2D eigenvalue weighted by atomic mass is 10.1. The fourth-order valence-electron chi connectivity index (χ4n) is 2.66. The van der Waals surface area contributed by atoms with E-state index in [1.165, 1.54) is 39.2 Å². The van der Waals surface area contributed by atoms with Crippen molar-refractivity contribution in [1.29, 1.82) is 0 Å². The fraction of sp³-hybridized carbons (Fsp3) is 0.316. The first-order chi connectivity index (χ1) is 13.3. The highest BCUT2D eigenvalue weighted by Crippen LogP contribution is 2.29. The summed E-state index contributed by atoms with van der Waals surface area (Å²) >= 11 is 0. The van der Waals surface area contributed by atoms with Crippen LogP contribution in [0.4, 0.5) is 11.4 Å². The molecule has 0 aliphatic heterocycles. The van der Waals surface area contributed by atoms with Gasteiger partial charge in [-0.05, 0) is 61.7 Å². The SMILES string of the molecule is CC(=O)Nc1ccc(C)c(S(=O)(=O)Nc2cc(S(=O)(=O)N(C)C)cc(C)c2C)c1. The molecule has 2 aromatic carbocycles. The maximum Gasteiger partial charge on any atom is 0.262 e. The minimum absolute atomic E-state index is 0.00739. The van der Waals surface area contributed by atoms with Gasteiger partial charge in [0.05, 0.1) is 15.5 Å². The Kier molecular flexibility index (Phi) is 6.41. The number of sulfonamides is 2. The molecule has 0 fully saturated rings. The van der Waals surface area contributed by atoms with E-state index in [9.17, 15) is 21.6 Å². The van der Waals surface area contributed by atoms with Gasteiger partial charge in [-0.2, -0.15) is 0 Å². The van der Waals surface area contributed by atoms with Gasteiger partial charge in [-0.25, -0.2) is 21.1 Å². The number of rotatable bonds is 6. The number of carbonyl (C=O) groups excluding carboxylic acids is 1. The van der Waals surface area contributed by atoms with Gasteiger partial charge >= 0.3 is 0 Å². The molecule has 0 heterocycles.